The average Bonchev–Trinajstić information content (AvgIpc) is 3.48. The minimum Gasteiger partial charge on any atom is -0.394 e. The molecule has 0 radical (unpaired) electrons. The molecule has 0 aromatic carbocycles. The molecule has 1 spiro atoms. The normalized spacial score (nSPS) is 24.4. The van der Waals surface area contributed by atoms with Gasteiger partial charge in [-0.05, 0) is 31.7 Å². The van der Waals surface area contributed by atoms with Crippen molar-refractivity contribution in [1.82, 2.24) is 15.0 Å². The van der Waals surface area contributed by atoms with E-state index in [1.54, 1.807) is 12.4 Å². The van der Waals surface area contributed by atoms with E-state index in [2.05, 4.69) is 19.8 Å². The van der Waals surface area contributed by atoms with Crippen LogP contribution in [-0.2, 0) is 11.3 Å². The van der Waals surface area contributed by atoms with E-state index in [1.165, 1.54) is 11.8 Å². The first-order chi connectivity index (χ1) is 16.5. The number of hydrogen-bond donors (Lipinski definition) is 3. The quantitative estimate of drug-likeness (QED) is 0.536. The van der Waals surface area contributed by atoms with Crippen molar-refractivity contribution in [3.63, 3.8) is 0 Å². The Morgan fingerprint density at radius 3 is 2.74 bits per heavy atom. The van der Waals surface area contributed by atoms with Gasteiger partial charge in [0.25, 0.3) is 0 Å². The van der Waals surface area contributed by atoms with Crippen molar-refractivity contribution >= 4 is 35.0 Å². The Morgan fingerprint density at radius 1 is 1.21 bits per heavy atom. The average molecular weight is 507 g/mol. The number of aliphatic hydroxyl groups is 2. The molecule has 34 heavy (non-hydrogen) atoms. The summed E-state index contributed by atoms with van der Waals surface area (Å²) in [5.41, 5.74) is 6.92. The van der Waals surface area contributed by atoms with Gasteiger partial charge in [-0.15, -0.1) is 0 Å². The lowest BCUT2D eigenvalue weighted by Gasteiger charge is -2.41. The van der Waals surface area contributed by atoms with Crippen LogP contribution in [0.25, 0.3) is 0 Å². The van der Waals surface area contributed by atoms with Crippen LogP contribution in [0.2, 0.25) is 5.02 Å². The molecule has 184 valence electrons. The number of aliphatic hydroxyl groups excluding tert-OH is 2. The van der Waals surface area contributed by atoms with Crippen LogP contribution >= 0.6 is 23.4 Å². The maximum absolute atomic E-state index is 10.0. The summed E-state index contributed by atoms with van der Waals surface area (Å²) in [6, 6.07) is 1.98. The van der Waals surface area contributed by atoms with Crippen molar-refractivity contribution < 1.29 is 14.9 Å². The zero-order valence-electron chi connectivity index (χ0n) is 19.1. The summed E-state index contributed by atoms with van der Waals surface area (Å²) >= 11 is 8.12. The zero-order valence-corrected chi connectivity index (χ0v) is 20.6. The Morgan fingerprint density at radius 2 is 2.03 bits per heavy atom. The zero-order chi connectivity index (χ0) is 23.7. The van der Waals surface area contributed by atoms with Crippen LogP contribution in [0.3, 0.4) is 0 Å². The fourth-order valence-corrected chi connectivity index (χ4v) is 6.42. The van der Waals surface area contributed by atoms with Crippen LogP contribution in [0.4, 0.5) is 11.6 Å². The molecule has 11 heteroatoms. The van der Waals surface area contributed by atoms with Gasteiger partial charge in [0.05, 0.1) is 43.7 Å². The van der Waals surface area contributed by atoms with Crippen LogP contribution in [0.5, 0.6) is 0 Å². The molecule has 4 N–H and O–H groups in total. The lowest BCUT2D eigenvalue weighted by atomic mass is 9.75. The number of hydrogen-bond acceptors (Lipinski definition) is 10. The van der Waals surface area contributed by atoms with E-state index in [0.29, 0.717) is 28.2 Å². The monoisotopic (exact) mass is 506 g/mol. The van der Waals surface area contributed by atoms with E-state index in [4.69, 9.17) is 27.1 Å². The summed E-state index contributed by atoms with van der Waals surface area (Å²) in [6.07, 6.45) is 7.28. The number of halogens is 1. The Hall–Kier alpha value is -1.69. The number of anilines is 2. The van der Waals surface area contributed by atoms with Crippen molar-refractivity contribution in [2.75, 3.05) is 49.3 Å². The van der Waals surface area contributed by atoms with Crippen LogP contribution in [0, 0.1) is 5.41 Å². The summed E-state index contributed by atoms with van der Waals surface area (Å²) in [5.74, 6) is 1.41. The second kappa shape index (κ2) is 10.1. The minimum absolute atomic E-state index is 0.0411. The predicted molar refractivity (Wildman–Crippen MR) is 131 cm³/mol. The summed E-state index contributed by atoms with van der Waals surface area (Å²) in [7, 11) is 0. The van der Waals surface area contributed by atoms with Crippen LogP contribution in [-0.4, -0.2) is 76.7 Å². The molecule has 3 fully saturated rings. The molecule has 0 aliphatic carbocycles. The van der Waals surface area contributed by atoms with Crippen molar-refractivity contribution in [1.29, 1.82) is 0 Å². The van der Waals surface area contributed by atoms with Gasteiger partial charge in [0.15, 0.2) is 5.82 Å². The highest BCUT2D eigenvalue weighted by atomic mass is 35.5. The first kappa shape index (κ1) is 24.0. The molecule has 1 unspecified atom stereocenters. The first-order valence-corrected chi connectivity index (χ1v) is 13.0. The highest BCUT2D eigenvalue weighted by Crippen LogP contribution is 2.41. The molecule has 2 aromatic heterocycles. The van der Waals surface area contributed by atoms with Crippen LogP contribution in [0.15, 0.2) is 28.4 Å². The largest absolute Gasteiger partial charge is 0.394 e. The van der Waals surface area contributed by atoms with Gasteiger partial charge < -0.3 is 30.5 Å². The lowest BCUT2D eigenvalue weighted by Crippen LogP contribution is -2.49. The Balaban J connectivity index is 1.32. The lowest BCUT2D eigenvalue weighted by molar-refractivity contribution is 0.131. The molecule has 2 aromatic rings. The third kappa shape index (κ3) is 4.47. The van der Waals surface area contributed by atoms with Gasteiger partial charge >= 0.3 is 0 Å². The van der Waals surface area contributed by atoms with Crippen molar-refractivity contribution in [3.05, 3.63) is 29.2 Å². The van der Waals surface area contributed by atoms with Gasteiger partial charge in [0.1, 0.15) is 16.5 Å². The van der Waals surface area contributed by atoms with Gasteiger partial charge in [-0.25, -0.2) is 15.0 Å². The van der Waals surface area contributed by atoms with Gasteiger partial charge in [-0.3, -0.25) is 0 Å². The molecule has 9 nitrogen and oxygen atoms in total. The third-order valence-electron chi connectivity index (χ3n) is 7.39. The fraction of sp³-hybridized carbons (Fsp3) is 0.609. The number of pyridine rings is 1. The van der Waals surface area contributed by atoms with E-state index in [9.17, 15) is 10.2 Å². The Bertz CT molecular complexity index is 1020. The summed E-state index contributed by atoms with van der Waals surface area (Å²) in [6.45, 7) is 3.69. The molecule has 0 saturated carbocycles. The summed E-state index contributed by atoms with van der Waals surface area (Å²) in [4.78, 5) is 18.9. The number of rotatable bonds is 6. The predicted octanol–water partition coefficient (Wildman–Crippen LogP) is 2.07. The van der Waals surface area contributed by atoms with E-state index >= 15 is 0 Å². The molecule has 3 saturated heterocycles. The van der Waals surface area contributed by atoms with E-state index in [-0.39, 0.29) is 30.7 Å². The molecular weight excluding hydrogens is 476 g/mol. The SMILES string of the molecule is N[C@@H]1COCC12CCN(c1ncc(Sc3ccnc(N4CCCC4CO)c3Cl)nc1CO)CC2. The number of aromatic nitrogens is 3. The van der Waals surface area contributed by atoms with Crippen molar-refractivity contribution in [2.24, 2.45) is 11.1 Å². The highest BCUT2D eigenvalue weighted by Gasteiger charge is 2.44. The molecule has 0 bridgehead atoms. The topological polar surface area (TPSA) is 121 Å². The second-order valence-corrected chi connectivity index (χ2v) is 10.8. The molecule has 3 aliphatic rings. The van der Waals surface area contributed by atoms with Crippen molar-refractivity contribution in [3.8, 4) is 0 Å². The number of nitrogens with zero attached hydrogens (tertiary/aromatic N) is 5. The Labute approximate surface area is 208 Å². The molecule has 5 rings (SSSR count). The Kier molecular flexibility index (Phi) is 7.15. The first-order valence-electron chi connectivity index (χ1n) is 11.8. The molecule has 2 atom stereocenters. The second-order valence-electron chi connectivity index (χ2n) is 9.33. The maximum atomic E-state index is 10.0. The van der Waals surface area contributed by atoms with Gasteiger partial charge in [0, 0.05) is 42.2 Å². The van der Waals surface area contributed by atoms with Gasteiger partial charge in [-0.2, -0.15) is 0 Å². The number of nitrogens with two attached hydrogens (primary N) is 1. The molecule has 3 aliphatic heterocycles. The molecule has 0 amide bonds. The van der Waals surface area contributed by atoms with Gasteiger partial charge in [-0.1, -0.05) is 23.4 Å². The van der Waals surface area contributed by atoms with E-state index in [0.717, 1.165) is 62.6 Å². The maximum Gasteiger partial charge on any atom is 0.152 e. The third-order valence-corrected chi connectivity index (χ3v) is 8.84. The number of ether oxygens (including phenoxy) is 1. The molecular formula is C23H31ClN6O3S. The summed E-state index contributed by atoms with van der Waals surface area (Å²) < 4.78 is 5.63. The van der Waals surface area contributed by atoms with Gasteiger partial charge in [0.2, 0.25) is 0 Å². The summed E-state index contributed by atoms with van der Waals surface area (Å²) in [5, 5.41) is 20.9. The smallest absolute Gasteiger partial charge is 0.152 e. The fourth-order valence-electron chi connectivity index (χ4n) is 5.29. The minimum atomic E-state index is -0.192. The number of piperidine rings is 1. The van der Waals surface area contributed by atoms with Crippen molar-refractivity contribution in [2.45, 2.75) is 54.3 Å². The van der Waals surface area contributed by atoms with Crippen LogP contribution in [0.1, 0.15) is 31.4 Å². The van der Waals surface area contributed by atoms with E-state index < -0.39 is 0 Å². The standard InChI is InChI=1S/C23H31ClN6O3S/c24-20-17(3-6-26-22(20)30-7-1-2-15(30)11-31)34-19-10-27-21(16(12-32)28-19)29-8-4-23(5-9-29)14-33-13-18(23)25/h3,6,10,15,18,31-32H,1-2,4-5,7-9,11-14,25H2/t15?,18-/m1/s1. The van der Waals surface area contributed by atoms with Crippen LogP contribution < -0.4 is 15.5 Å². The highest BCUT2D eigenvalue weighted by molar-refractivity contribution is 7.99. The van der Waals surface area contributed by atoms with E-state index in [1.807, 2.05) is 6.07 Å². The molecule has 5 heterocycles.